The Balaban J connectivity index is 1.79. The van der Waals surface area contributed by atoms with Crippen molar-refractivity contribution in [2.45, 2.75) is 32.9 Å². The molecule has 0 atom stereocenters. The van der Waals surface area contributed by atoms with Gasteiger partial charge in [0.25, 0.3) is 5.91 Å². The van der Waals surface area contributed by atoms with Crippen LogP contribution in [0.3, 0.4) is 0 Å². The number of amides is 1. The molecule has 1 amide bonds. The molecule has 0 unspecified atom stereocenters. The van der Waals surface area contributed by atoms with Gasteiger partial charge in [-0.15, -0.1) is 0 Å². The summed E-state index contributed by atoms with van der Waals surface area (Å²) in [6.07, 6.45) is 0. The fourth-order valence-electron chi connectivity index (χ4n) is 2.13. The predicted octanol–water partition coefficient (Wildman–Crippen LogP) is 2.98. The summed E-state index contributed by atoms with van der Waals surface area (Å²) < 4.78 is 5.00. The maximum Gasteiger partial charge on any atom is 0.316 e. The molecule has 132 valence electrons. The molecule has 25 heavy (non-hydrogen) atoms. The van der Waals surface area contributed by atoms with Crippen molar-refractivity contribution < 1.29 is 14.3 Å². The number of rotatable bonds is 6. The number of nitrogens with one attached hydrogen (secondary N) is 1. The maximum absolute atomic E-state index is 11.9. The molecular formula is C18H21N3O3S. The standard InChI is InChI=1S/C18H21N3O3S/c1-11-5-6-12(2)15(7-11)21-16(22)9-24-17(23)10-25-18-19-13(3)8-14(4)20-18/h5-8H,9-10H2,1-4H3,(H,21,22). The summed E-state index contributed by atoms with van der Waals surface area (Å²) in [5, 5.41) is 3.27. The molecule has 1 aromatic carbocycles. The van der Waals surface area contributed by atoms with Gasteiger partial charge in [-0.2, -0.15) is 0 Å². The first-order chi connectivity index (χ1) is 11.8. The van der Waals surface area contributed by atoms with E-state index in [0.717, 1.165) is 28.2 Å². The van der Waals surface area contributed by atoms with Crippen LogP contribution in [0.25, 0.3) is 0 Å². The summed E-state index contributed by atoms with van der Waals surface area (Å²) in [7, 11) is 0. The number of esters is 1. The van der Waals surface area contributed by atoms with Crippen molar-refractivity contribution in [1.82, 2.24) is 9.97 Å². The summed E-state index contributed by atoms with van der Waals surface area (Å²) in [4.78, 5) is 32.2. The average molecular weight is 359 g/mol. The van der Waals surface area contributed by atoms with E-state index in [1.165, 1.54) is 11.8 Å². The van der Waals surface area contributed by atoms with Crippen LogP contribution in [0.2, 0.25) is 0 Å². The van der Waals surface area contributed by atoms with Crippen molar-refractivity contribution in [1.29, 1.82) is 0 Å². The molecule has 0 aliphatic carbocycles. The van der Waals surface area contributed by atoms with E-state index >= 15 is 0 Å². The summed E-state index contributed by atoms with van der Waals surface area (Å²) in [5.74, 6) is -0.793. The lowest BCUT2D eigenvalue weighted by molar-refractivity contribution is -0.144. The Hall–Kier alpha value is -2.41. The molecule has 0 bridgehead atoms. The number of thioether (sulfide) groups is 1. The van der Waals surface area contributed by atoms with Gasteiger partial charge in [0, 0.05) is 17.1 Å². The number of ether oxygens (including phenoxy) is 1. The van der Waals surface area contributed by atoms with E-state index < -0.39 is 5.97 Å². The summed E-state index contributed by atoms with van der Waals surface area (Å²) in [6, 6.07) is 7.64. The molecule has 0 spiro atoms. The first kappa shape index (κ1) is 18.9. The monoisotopic (exact) mass is 359 g/mol. The van der Waals surface area contributed by atoms with E-state index in [0.29, 0.717) is 5.16 Å². The summed E-state index contributed by atoms with van der Waals surface area (Å²) in [6.45, 7) is 7.27. The number of nitrogens with zero attached hydrogens (tertiary/aromatic N) is 2. The van der Waals surface area contributed by atoms with Crippen molar-refractivity contribution in [2.24, 2.45) is 0 Å². The number of carbonyl (C=O) groups excluding carboxylic acids is 2. The fourth-order valence-corrected chi connectivity index (χ4v) is 2.87. The van der Waals surface area contributed by atoms with Crippen molar-refractivity contribution >= 4 is 29.3 Å². The summed E-state index contributed by atoms with van der Waals surface area (Å²) in [5.41, 5.74) is 4.40. The molecular weight excluding hydrogens is 338 g/mol. The van der Waals surface area contributed by atoms with Crippen LogP contribution in [0, 0.1) is 27.7 Å². The molecule has 6 nitrogen and oxygen atoms in total. The molecule has 2 rings (SSSR count). The molecule has 0 saturated heterocycles. The Bertz CT molecular complexity index is 773. The van der Waals surface area contributed by atoms with Crippen LogP contribution in [0.5, 0.6) is 0 Å². The highest BCUT2D eigenvalue weighted by Gasteiger charge is 2.11. The van der Waals surface area contributed by atoms with Crippen LogP contribution in [0.1, 0.15) is 22.5 Å². The van der Waals surface area contributed by atoms with Crippen molar-refractivity contribution in [3.8, 4) is 0 Å². The second-order valence-corrected chi connectivity index (χ2v) is 6.69. The van der Waals surface area contributed by atoms with Gasteiger partial charge in [-0.25, -0.2) is 9.97 Å². The lowest BCUT2D eigenvalue weighted by atomic mass is 10.1. The molecule has 7 heteroatoms. The molecule has 0 fully saturated rings. The molecule has 1 heterocycles. The Morgan fingerprint density at radius 3 is 2.44 bits per heavy atom. The van der Waals surface area contributed by atoms with Crippen LogP contribution in [0.15, 0.2) is 29.4 Å². The number of hydrogen-bond donors (Lipinski definition) is 1. The number of benzene rings is 1. The highest BCUT2D eigenvalue weighted by Crippen LogP contribution is 2.16. The second-order valence-electron chi connectivity index (χ2n) is 5.75. The quantitative estimate of drug-likeness (QED) is 0.485. The van der Waals surface area contributed by atoms with Gasteiger partial charge in [0.15, 0.2) is 11.8 Å². The molecule has 0 aliphatic rings. The molecule has 0 radical (unpaired) electrons. The summed E-state index contributed by atoms with van der Waals surface area (Å²) >= 11 is 1.19. The van der Waals surface area contributed by atoms with E-state index in [1.807, 2.05) is 52.0 Å². The van der Waals surface area contributed by atoms with Gasteiger partial charge in [0.1, 0.15) is 0 Å². The molecule has 0 saturated carbocycles. The van der Waals surface area contributed by atoms with Gasteiger partial charge in [-0.1, -0.05) is 23.9 Å². The molecule has 1 aromatic heterocycles. The molecule has 2 aromatic rings. The largest absolute Gasteiger partial charge is 0.455 e. The average Bonchev–Trinajstić information content (AvgIpc) is 2.53. The number of hydrogen-bond acceptors (Lipinski definition) is 6. The number of carbonyl (C=O) groups is 2. The van der Waals surface area contributed by atoms with Gasteiger partial charge in [0.05, 0.1) is 5.75 Å². The minimum Gasteiger partial charge on any atom is -0.455 e. The fraction of sp³-hybridized carbons (Fsp3) is 0.333. The second kappa shape index (κ2) is 8.62. The SMILES string of the molecule is Cc1ccc(C)c(NC(=O)COC(=O)CSc2nc(C)cc(C)n2)c1. The van der Waals surface area contributed by atoms with Gasteiger partial charge in [-0.05, 0) is 51.0 Å². The van der Waals surface area contributed by atoms with E-state index in [9.17, 15) is 9.59 Å². The zero-order valence-corrected chi connectivity index (χ0v) is 15.6. The van der Waals surface area contributed by atoms with Crippen LogP contribution in [-0.2, 0) is 14.3 Å². The zero-order chi connectivity index (χ0) is 18.4. The third kappa shape index (κ3) is 6.19. The highest BCUT2D eigenvalue weighted by molar-refractivity contribution is 7.99. The Labute approximate surface area is 151 Å². The predicted molar refractivity (Wildman–Crippen MR) is 97.7 cm³/mol. The first-order valence-electron chi connectivity index (χ1n) is 7.81. The van der Waals surface area contributed by atoms with Crippen molar-refractivity contribution in [3.63, 3.8) is 0 Å². The molecule has 0 aliphatic heterocycles. The van der Waals surface area contributed by atoms with Crippen molar-refractivity contribution in [2.75, 3.05) is 17.7 Å². The lowest BCUT2D eigenvalue weighted by Crippen LogP contribution is -2.22. The van der Waals surface area contributed by atoms with Crippen LogP contribution in [0.4, 0.5) is 5.69 Å². The van der Waals surface area contributed by atoms with E-state index in [2.05, 4.69) is 15.3 Å². The minimum absolute atomic E-state index is 0.0552. The van der Waals surface area contributed by atoms with E-state index in [4.69, 9.17) is 4.74 Å². The van der Waals surface area contributed by atoms with Gasteiger partial charge in [0.2, 0.25) is 0 Å². The lowest BCUT2D eigenvalue weighted by Gasteiger charge is -2.09. The Kier molecular flexibility index (Phi) is 6.52. The van der Waals surface area contributed by atoms with E-state index in [1.54, 1.807) is 0 Å². The van der Waals surface area contributed by atoms with Gasteiger partial charge >= 0.3 is 5.97 Å². The number of aromatic nitrogens is 2. The Morgan fingerprint density at radius 1 is 1.08 bits per heavy atom. The maximum atomic E-state index is 11.9. The third-order valence-corrected chi connectivity index (χ3v) is 4.13. The highest BCUT2D eigenvalue weighted by atomic mass is 32.2. The normalized spacial score (nSPS) is 10.4. The van der Waals surface area contributed by atoms with E-state index in [-0.39, 0.29) is 18.3 Å². The third-order valence-electron chi connectivity index (χ3n) is 3.31. The zero-order valence-electron chi connectivity index (χ0n) is 14.8. The van der Waals surface area contributed by atoms with Crippen LogP contribution >= 0.6 is 11.8 Å². The Morgan fingerprint density at radius 2 is 1.76 bits per heavy atom. The van der Waals surface area contributed by atoms with Crippen LogP contribution in [-0.4, -0.2) is 34.2 Å². The first-order valence-corrected chi connectivity index (χ1v) is 8.80. The number of aryl methyl sites for hydroxylation is 4. The van der Waals surface area contributed by atoms with Gasteiger partial charge < -0.3 is 10.1 Å². The van der Waals surface area contributed by atoms with Gasteiger partial charge in [-0.3, -0.25) is 9.59 Å². The smallest absolute Gasteiger partial charge is 0.316 e. The van der Waals surface area contributed by atoms with Crippen molar-refractivity contribution in [3.05, 3.63) is 46.8 Å². The molecule has 1 N–H and O–H groups in total. The van der Waals surface area contributed by atoms with Crippen LogP contribution < -0.4 is 5.32 Å². The minimum atomic E-state index is -0.483. The number of anilines is 1. The topological polar surface area (TPSA) is 81.2 Å².